The molecule has 0 spiro atoms. The first-order valence-corrected chi connectivity index (χ1v) is 13.8. The molecule has 1 N–H and O–H groups in total. The average Bonchev–Trinajstić information content (AvgIpc) is 2.91. The van der Waals surface area contributed by atoms with E-state index < -0.39 is 0 Å². The molecule has 202 valence electrons. The standard InChI is InChI=1S/C28H34ClN5O4/c1-3-18-6-5-9-33(13-18)28-30-12-23(29)26(32-28)31-21-7-8-24-20(10-21)11-25(38-17-22(35)4-2)27(36)34(24)14-19-15-37-16-19/h7-8,10-12,18-19H,3-6,9,13-17H2,1-2H3,(H,30,31,32)/t18-/m0/s1. The van der Waals surface area contributed by atoms with Gasteiger partial charge in [-0.1, -0.05) is 31.9 Å². The smallest absolute Gasteiger partial charge is 0.293 e. The molecule has 2 aliphatic rings. The molecule has 0 bridgehead atoms. The number of hydrogen-bond donors (Lipinski definition) is 1. The normalized spacial score (nSPS) is 17.9. The monoisotopic (exact) mass is 539 g/mol. The van der Waals surface area contributed by atoms with E-state index in [4.69, 9.17) is 26.1 Å². The summed E-state index contributed by atoms with van der Waals surface area (Å²) in [6.45, 7) is 7.51. The predicted molar refractivity (Wildman–Crippen MR) is 149 cm³/mol. The van der Waals surface area contributed by atoms with Gasteiger partial charge in [-0.2, -0.15) is 4.98 Å². The van der Waals surface area contributed by atoms with Crippen molar-refractivity contribution in [1.82, 2.24) is 14.5 Å². The van der Waals surface area contributed by atoms with Crippen LogP contribution in [-0.4, -0.2) is 53.2 Å². The van der Waals surface area contributed by atoms with Crippen molar-refractivity contribution in [1.29, 1.82) is 0 Å². The second kappa shape index (κ2) is 11.7. The number of piperidine rings is 1. The van der Waals surface area contributed by atoms with Gasteiger partial charge in [0.2, 0.25) is 5.95 Å². The highest BCUT2D eigenvalue weighted by Crippen LogP contribution is 2.30. The van der Waals surface area contributed by atoms with Crippen LogP contribution in [0, 0.1) is 11.8 Å². The number of benzene rings is 1. The van der Waals surface area contributed by atoms with Gasteiger partial charge in [0, 0.05) is 43.0 Å². The van der Waals surface area contributed by atoms with Crippen molar-refractivity contribution in [2.75, 3.05) is 43.1 Å². The fourth-order valence-electron chi connectivity index (χ4n) is 4.95. The number of carbonyl (C=O) groups is 1. The molecule has 2 fully saturated rings. The van der Waals surface area contributed by atoms with Gasteiger partial charge >= 0.3 is 0 Å². The highest BCUT2D eigenvalue weighted by molar-refractivity contribution is 6.32. The van der Waals surface area contributed by atoms with Crippen LogP contribution >= 0.6 is 11.6 Å². The van der Waals surface area contributed by atoms with Crippen molar-refractivity contribution >= 4 is 45.7 Å². The third-order valence-corrected chi connectivity index (χ3v) is 7.64. The Hall–Kier alpha value is -3.17. The molecule has 0 unspecified atom stereocenters. The zero-order valence-corrected chi connectivity index (χ0v) is 22.7. The lowest BCUT2D eigenvalue weighted by Crippen LogP contribution is -2.36. The number of halogens is 1. The quantitative estimate of drug-likeness (QED) is 0.391. The number of anilines is 3. The maximum atomic E-state index is 13.2. The molecule has 4 heterocycles. The number of fused-ring (bicyclic) bond motifs is 1. The number of carbonyl (C=O) groups excluding carboxylic acids is 1. The van der Waals surface area contributed by atoms with Gasteiger partial charge in [-0.15, -0.1) is 0 Å². The molecule has 2 aromatic heterocycles. The Morgan fingerprint density at radius 1 is 1.24 bits per heavy atom. The lowest BCUT2D eigenvalue weighted by Gasteiger charge is -2.32. The summed E-state index contributed by atoms with van der Waals surface area (Å²) in [6.07, 6.45) is 5.50. The van der Waals surface area contributed by atoms with Crippen molar-refractivity contribution in [3.05, 3.63) is 45.8 Å². The van der Waals surface area contributed by atoms with Crippen molar-refractivity contribution in [3.63, 3.8) is 0 Å². The zero-order chi connectivity index (χ0) is 26.6. The SMILES string of the molecule is CCC(=O)COc1cc2cc(Nc3nc(N4CCC[C@H](CC)C4)ncc3Cl)ccc2n(CC2COC2)c1=O. The van der Waals surface area contributed by atoms with Crippen LogP contribution in [0.3, 0.4) is 0 Å². The molecule has 2 saturated heterocycles. The minimum absolute atomic E-state index is 0.0629. The van der Waals surface area contributed by atoms with E-state index in [1.807, 2.05) is 18.2 Å². The second-order valence-electron chi connectivity index (χ2n) is 10.1. The second-order valence-corrected chi connectivity index (χ2v) is 10.5. The summed E-state index contributed by atoms with van der Waals surface area (Å²) >= 11 is 6.48. The largest absolute Gasteiger partial charge is 0.480 e. The lowest BCUT2D eigenvalue weighted by molar-refractivity contribution is -0.120. The Kier molecular flexibility index (Phi) is 8.14. The Balaban J connectivity index is 1.45. The van der Waals surface area contributed by atoms with Crippen LogP contribution in [0.15, 0.2) is 35.3 Å². The fourth-order valence-corrected chi connectivity index (χ4v) is 5.08. The summed E-state index contributed by atoms with van der Waals surface area (Å²) in [7, 11) is 0. The average molecular weight is 540 g/mol. The van der Waals surface area contributed by atoms with E-state index in [2.05, 4.69) is 22.1 Å². The number of ketones is 1. The van der Waals surface area contributed by atoms with Crippen LogP contribution in [0.4, 0.5) is 17.5 Å². The Labute approximate surface area is 227 Å². The third kappa shape index (κ3) is 5.78. The first kappa shape index (κ1) is 26.4. The van der Waals surface area contributed by atoms with E-state index in [1.165, 1.54) is 6.42 Å². The van der Waals surface area contributed by atoms with Gasteiger partial charge in [0.25, 0.3) is 5.56 Å². The van der Waals surface area contributed by atoms with E-state index in [0.29, 0.717) is 48.9 Å². The highest BCUT2D eigenvalue weighted by atomic mass is 35.5. The van der Waals surface area contributed by atoms with E-state index in [0.717, 1.165) is 42.5 Å². The number of nitrogens with one attached hydrogen (secondary N) is 1. The van der Waals surface area contributed by atoms with Crippen LogP contribution in [0.2, 0.25) is 5.02 Å². The highest BCUT2D eigenvalue weighted by Gasteiger charge is 2.23. The number of rotatable bonds is 10. The van der Waals surface area contributed by atoms with Crippen LogP contribution < -0.4 is 20.5 Å². The van der Waals surface area contributed by atoms with Gasteiger partial charge in [-0.25, -0.2) is 4.98 Å². The van der Waals surface area contributed by atoms with E-state index >= 15 is 0 Å². The molecular weight excluding hydrogens is 506 g/mol. The number of hydrogen-bond acceptors (Lipinski definition) is 8. The van der Waals surface area contributed by atoms with E-state index in [9.17, 15) is 9.59 Å². The van der Waals surface area contributed by atoms with E-state index in [-0.39, 0.29) is 29.6 Å². The molecule has 9 nitrogen and oxygen atoms in total. The summed E-state index contributed by atoms with van der Waals surface area (Å²) in [5, 5.41) is 4.57. The van der Waals surface area contributed by atoms with Crippen LogP contribution in [-0.2, 0) is 16.1 Å². The topological polar surface area (TPSA) is 98.6 Å². The molecule has 1 atom stereocenters. The molecule has 1 aromatic carbocycles. The minimum atomic E-state index is -0.246. The maximum absolute atomic E-state index is 13.2. The number of aromatic nitrogens is 3. The minimum Gasteiger partial charge on any atom is -0.480 e. The van der Waals surface area contributed by atoms with Gasteiger partial charge in [0.05, 0.1) is 24.9 Å². The molecule has 3 aromatic rings. The first-order chi connectivity index (χ1) is 18.4. The number of nitrogens with zero attached hydrogens (tertiary/aromatic N) is 4. The van der Waals surface area contributed by atoms with Gasteiger partial charge < -0.3 is 24.3 Å². The van der Waals surface area contributed by atoms with Crippen LogP contribution in [0.5, 0.6) is 5.75 Å². The summed E-state index contributed by atoms with van der Waals surface area (Å²) in [4.78, 5) is 36.6. The maximum Gasteiger partial charge on any atom is 0.293 e. The summed E-state index contributed by atoms with van der Waals surface area (Å²) in [6, 6.07) is 7.45. The number of pyridine rings is 1. The number of Topliss-reactive ketones (excluding diaryl/α,β-unsaturated/α-hetero) is 1. The molecular formula is C28H34ClN5O4. The van der Waals surface area contributed by atoms with Gasteiger partial charge in [-0.3, -0.25) is 9.59 Å². The molecule has 38 heavy (non-hydrogen) atoms. The Morgan fingerprint density at radius 2 is 2.08 bits per heavy atom. The van der Waals surface area contributed by atoms with Gasteiger partial charge in [0.15, 0.2) is 17.4 Å². The van der Waals surface area contributed by atoms with Crippen molar-refractivity contribution in [2.45, 2.75) is 46.1 Å². The van der Waals surface area contributed by atoms with Crippen LogP contribution in [0.1, 0.15) is 39.5 Å². The van der Waals surface area contributed by atoms with Crippen molar-refractivity contribution < 1.29 is 14.3 Å². The summed E-state index contributed by atoms with van der Waals surface area (Å²) < 4.78 is 12.7. The molecule has 0 radical (unpaired) electrons. The molecule has 0 amide bonds. The Bertz CT molecular complexity index is 1370. The summed E-state index contributed by atoms with van der Waals surface area (Å²) in [5.74, 6) is 2.21. The zero-order valence-electron chi connectivity index (χ0n) is 21.9. The van der Waals surface area contributed by atoms with E-state index in [1.54, 1.807) is 23.8 Å². The molecule has 10 heteroatoms. The first-order valence-electron chi connectivity index (χ1n) is 13.4. The molecule has 5 rings (SSSR count). The van der Waals surface area contributed by atoms with Crippen molar-refractivity contribution in [2.24, 2.45) is 11.8 Å². The van der Waals surface area contributed by atoms with Gasteiger partial charge in [-0.05, 0) is 43.0 Å². The predicted octanol–water partition coefficient (Wildman–Crippen LogP) is 4.82. The third-order valence-electron chi connectivity index (χ3n) is 7.37. The summed E-state index contributed by atoms with van der Waals surface area (Å²) in [5.41, 5.74) is 1.31. The molecule has 0 saturated carbocycles. The number of ether oxygens (including phenoxy) is 2. The molecule has 0 aliphatic carbocycles. The van der Waals surface area contributed by atoms with Crippen molar-refractivity contribution in [3.8, 4) is 5.75 Å². The molecule has 2 aliphatic heterocycles. The van der Waals surface area contributed by atoms with Crippen LogP contribution in [0.25, 0.3) is 10.9 Å². The Morgan fingerprint density at radius 3 is 2.82 bits per heavy atom. The fraction of sp³-hybridized carbons (Fsp3) is 0.500. The van der Waals surface area contributed by atoms with Gasteiger partial charge in [0.1, 0.15) is 11.6 Å². The lowest BCUT2D eigenvalue weighted by atomic mass is 9.96.